The number of likely N-dealkylation sites (N-methyl/N-ethyl adjacent to an activating group) is 1. The topological polar surface area (TPSA) is 139 Å². The van der Waals surface area contributed by atoms with Gasteiger partial charge < -0.3 is 29.5 Å². The monoisotopic (exact) mass is 584 g/mol. The van der Waals surface area contributed by atoms with Gasteiger partial charge in [-0.15, -0.1) is 0 Å². The van der Waals surface area contributed by atoms with Crippen LogP contribution < -0.4 is 25.0 Å². The lowest BCUT2D eigenvalue weighted by Gasteiger charge is -2.40. The maximum Gasteiger partial charge on any atom is 0.321 e. The summed E-state index contributed by atoms with van der Waals surface area (Å²) in [5.74, 6) is 5.73. The van der Waals surface area contributed by atoms with Crippen LogP contribution in [0.3, 0.4) is 0 Å². The van der Waals surface area contributed by atoms with E-state index in [9.17, 15) is 19.5 Å². The number of nitrogens with one attached hydrogen (secondary N) is 2. The van der Waals surface area contributed by atoms with Crippen LogP contribution >= 0.6 is 0 Å². The number of carboxylic acids is 1. The van der Waals surface area contributed by atoms with Crippen molar-refractivity contribution < 1.29 is 33.7 Å². The van der Waals surface area contributed by atoms with E-state index < -0.39 is 29.5 Å². The number of para-hydroxylation sites is 1. The van der Waals surface area contributed by atoms with Crippen LogP contribution in [0.25, 0.3) is 0 Å². The van der Waals surface area contributed by atoms with Crippen LogP contribution in [0, 0.1) is 17.8 Å². The zero-order valence-corrected chi connectivity index (χ0v) is 24.0. The van der Waals surface area contributed by atoms with E-state index in [4.69, 9.17) is 14.2 Å². The summed E-state index contributed by atoms with van der Waals surface area (Å²) in [6.45, 7) is 4.11. The van der Waals surface area contributed by atoms with Gasteiger partial charge in [-0.1, -0.05) is 43.9 Å². The molecule has 222 valence electrons. The summed E-state index contributed by atoms with van der Waals surface area (Å²) < 4.78 is 17.1. The Kier molecular flexibility index (Phi) is 8.61. The molecule has 3 aromatic rings. The quantitative estimate of drug-likeness (QED) is 0.341. The number of carbonyl (C=O) groups is 3. The Hall–Kier alpha value is -4.92. The first-order valence-electron chi connectivity index (χ1n) is 13.8. The van der Waals surface area contributed by atoms with Crippen molar-refractivity contribution in [2.24, 2.45) is 5.92 Å². The highest BCUT2D eigenvalue weighted by atomic mass is 16.5. The van der Waals surface area contributed by atoms with Gasteiger partial charge in [-0.2, -0.15) is 0 Å². The van der Waals surface area contributed by atoms with Gasteiger partial charge >= 0.3 is 5.97 Å². The number of carbonyl (C=O) groups excluding carboxylic acids is 2. The van der Waals surface area contributed by atoms with Crippen molar-refractivity contribution >= 4 is 23.5 Å². The van der Waals surface area contributed by atoms with E-state index >= 15 is 0 Å². The lowest BCUT2D eigenvalue weighted by Crippen LogP contribution is -2.64. The van der Waals surface area contributed by atoms with E-state index in [0.29, 0.717) is 28.5 Å². The average molecular weight is 585 g/mol. The normalized spacial score (nSPS) is 17.7. The molecule has 2 aliphatic heterocycles. The predicted octanol–water partition coefficient (Wildman–Crippen LogP) is 2.85. The Morgan fingerprint density at radius 1 is 1.12 bits per heavy atom. The molecule has 11 heteroatoms. The van der Waals surface area contributed by atoms with Crippen LogP contribution in [0.1, 0.15) is 29.9 Å². The van der Waals surface area contributed by atoms with E-state index in [-0.39, 0.29) is 37.3 Å². The molecule has 1 fully saturated rings. The number of aliphatic carboxylic acids is 1. The molecular formula is C32H32N4O7. The van der Waals surface area contributed by atoms with Crippen molar-refractivity contribution in [1.82, 2.24) is 15.6 Å². The average Bonchev–Trinajstić information content (AvgIpc) is 3.08. The number of benzene rings is 2. The fourth-order valence-corrected chi connectivity index (χ4v) is 4.64. The molecule has 0 aliphatic carbocycles. The summed E-state index contributed by atoms with van der Waals surface area (Å²) in [5.41, 5.74) is 0.398. The fourth-order valence-electron chi connectivity index (χ4n) is 4.64. The minimum Gasteiger partial charge on any atom is -0.489 e. The molecule has 2 amide bonds. The fraction of sp³-hybridized carbons (Fsp3) is 0.312. The van der Waals surface area contributed by atoms with E-state index in [1.165, 1.54) is 17.2 Å². The van der Waals surface area contributed by atoms with Crippen molar-refractivity contribution in [2.75, 3.05) is 31.8 Å². The van der Waals surface area contributed by atoms with Crippen molar-refractivity contribution in [3.63, 3.8) is 0 Å². The van der Waals surface area contributed by atoms with Gasteiger partial charge in [0.1, 0.15) is 47.2 Å². The third-order valence-corrected chi connectivity index (χ3v) is 7.11. The van der Waals surface area contributed by atoms with Gasteiger partial charge in [-0.25, -0.2) is 0 Å². The summed E-state index contributed by atoms with van der Waals surface area (Å²) in [6.07, 6.45) is 1.46. The Balaban J connectivity index is 1.28. The van der Waals surface area contributed by atoms with Crippen molar-refractivity contribution in [2.45, 2.75) is 31.5 Å². The molecule has 1 saturated heterocycles. The van der Waals surface area contributed by atoms with Gasteiger partial charge in [0.05, 0.1) is 18.9 Å². The molecule has 0 bridgehead atoms. The van der Waals surface area contributed by atoms with Gasteiger partial charge in [0.2, 0.25) is 0 Å². The molecule has 3 heterocycles. The summed E-state index contributed by atoms with van der Waals surface area (Å²) >= 11 is 0. The van der Waals surface area contributed by atoms with Gasteiger partial charge in [0.25, 0.3) is 11.8 Å². The first kappa shape index (κ1) is 29.6. The molecule has 0 unspecified atom stereocenters. The van der Waals surface area contributed by atoms with Crippen molar-refractivity contribution in [1.29, 1.82) is 0 Å². The maximum absolute atomic E-state index is 13.4. The first-order chi connectivity index (χ1) is 20.6. The van der Waals surface area contributed by atoms with Crippen LogP contribution in [0.5, 0.6) is 17.2 Å². The van der Waals surface area contributed by atoms with Crippen molar-refractivity contribution in [3.8, 4) is 29.1 Å². The number of nitrogens with zero attached hydrogens (tertiary/aromatic N) is 2. The third-order valence-electron chi connectivity index (χ3n) is 7.11. The number of ether oxygens (including phenoxy) is 3. The second kappa shape index (κ2) is 12.5. The highest BCUT2D eigenvalue weighted by molar-refractivity contribution is 6.03. The second-order valence-corrected chi connectivity index (χ2v) is 10.7. The number of hydrogen-bond acceptors (Lipinski definition) is 8. The molecule has 43 heavy (non-hydrogen) atoms. The molecule has 2 aliphatic rings. The summed E-state index contributed by atoms with van der Waals surface area (Å²) in [4.78, 5) is 43.7. The van der Waals surface area contributed by atoms with Crippen LogP contribution in [0.2, 0.25) is 0 Å². The number of hydrogen-bond donors (Lipinski definition) is 3. The molecule has 1 aromatic heterocycles. The maximum atomic E-state index is 13.4. The van der Waals surface area contributed by atoms with Gasteiger partial charge in [-0.05, 0) is 42.3 Å². The zero-order valence-electron chi connectivity index (χ0n) is 24.0. The standard InChI is InChI=1S/C32H32N4O7/c1-20(2)28(31(39)40)35-32(18-41-19-32)13-11-21-9-10-27-26(15-21)36(3)30(38)25(17-42-27)34-29(37)24-16-23(12-14-33-24)43-22-7-5-4-6-8-22/h4-10,12,14-16,20,25,28,35H,17-19H2,1-3H3,(H,34,37)(H,39,40)/t25-,28-/m0/s1. The van der Waals surface area contributed by atoms with E-state index in [0.717, 1.165) is 0 Å². The summed E-state index contributed by atoms with van der Waals surface area (Å²) in [6, 6.07) is 15.7. The van der Waals surface area contributed by atoms with Crippen LogP contribution in [0.4, 0.5) is 5.69 Å². The molecule has 0 saturated carbocycles. The smallest absolute Gasteiger partial charge is 0.321 e. The van der Waals surface area contributed by atoms with Gasteiger partial charge in [0, 0.05) is 24.9 Å². The highest BCUT2D eigenvalue weighted by Crippen LogP contribution is 2.32. The SMILES string of the molecule is CC(C)[C@H](NC1(C#Cc2ccc3c(c2)N(C)C(=O)[C@@H](NC(=O)c2cc(Oc4ccccc4)ccn2)CO3)COC1)C(=O)O. The van der Waals surface area contributed by atoms with Crippen LogP contribution in [-0.2, 0) is 14.3 Å². The summed E-state index contributed by atoms with van der Waals surface area (Å²) in [7, 11) is 1.60. The van der Waals surface area contributed by atoms with Crippen molar-refractivity contribution in [3.05, 3.63) is 78.1 Å². The first-order valence-corrected chi connectivity index (χ1v) is 13.8. The van der Waals surface area contributed by atoms with Gasteiger partial charge in [-0.3, -0.25) is 24.7 Å². The Morgan fingerprint density at radius 3 is 2.56 bits per heavy atom. The number of carboxylic acid groups (broad SMARTS) is 1. The number of rotatable bonds is 8. The molecule has 2 atom stereocenters. The predicted molar refractivity (Wildman–Crippen MR) is 157 cm³/mol. The lowest BCUT2D eigenvalue weighted by molar-refractivity contribution is -0.143. The molecule has 11 nitrogen and oxygen atoms in total. The second-order valence-electron chi connectivity index (χ2n) is 10.7. The number of fused-ring (bicyclic) bond motifs is 1. The molecule has 0 spiro atoms. The Morgan fingerprint density at radius 2 is 1.88 bits per heavy atom. The molecular weight excluding hydrogens is 552 g/mol. The number of pyridine rings is 1. The number of aromatic nitrogens is 1. The largest absolute Gasteiger partial charge is 0.489 e. The summed E-state index contributed by atoms with van der Waals surface area (Å²) in [5, 5.41) is 15.5. The molecule has 0 radical (unpaired) electrons. The zero-order chi connectivity index (χ0) is 30.6. The third kappa shape index (κ3) is 6.77. The minimum atomic E-state index is -0.969. The molecule has 5 rings (SSSR count). The molecule has 2 aromatic carbocycles. The van der Waals surface area contributed by atoms with Crippen LogP contribution in [0.15, 0.2) is 66.9 Å². The number of anilines is 1. The van der Waals surface area contributed by atoms with E-state index in [2.05, 4.69) is 27.5 Å². The lowest BCUT2D eigenvalue weighted by atomic mass is 9.93. The number of amides is 2. The van der Waals surface area contributed by atoms with Crippen LogP contribution in [-0.4, -0.2) is 72.4 Å². The van der Waals surface area contributed by atoms with Gasteiger partial charge in [0.15, 0.2) is 0 Å². The Labute approximate surface area is 249 Å². The minimum absolute atomic E-state index is 0.0801. The Bertz CT molecular complexity index is 1580. The molecule has 3 N–H and O–H groups in total. The van der Waals surface area contributed by atoms with E-state index in [1.54, 1.807) is 43.4 Å². The highest BCUT2D eigenvalue weighted by Gasteiger charge is 2.41. The van der Waals surface area contributed by atoms with E-state index in [1.807, 2.05) is 32.0 Å².